The molecular weight excluding hydrogens is 250 g/mol. The maximum absolute atomic E-state index is 12.2. The van der Waals surface area contributed by atoms with Crippen molar-refractivity contribution in [3.63, 3.8) is 0 Å². The maximum atomic E-state index is 12.2. The van der Waals surface area contributed by atoms with E-state index < -0.39 is 0 Å². The lowest BCUT2D eigenvalue weighted by molar-refractivity contribution is -0.129. The summed E-state index contributed by atoms with van der Waals surface area (Å²) >= 11 is 1.54. The average Bonchev–Trinajstić information content (AvgIpc) is 2.88. The molecule has 1 aromatic heterocycles. The van der Waals surface area contributed by atoms with Crippen LogP contribution in [0.25, 0.3) is 0 Å². The number of amides is 3. The van der Waals surface area contributed by atoms with Gasteiger partial charge in [0.05, 0.1) is 17.2 Å². The molecule has 18 heavy (non-hydrogen) atoms. The average molecular weight is 265 g/mol. The molecular formula is C12H15N3O2S. The topological polar surface area (TPSA) is 53.5 Å². The second-order valence-electron chi connectivity index (χ2n) is 4.77. The Labute approximate surface area is 109 Å². The molecule has 0 spiro atoms. The van der Waals surface area contributed by atoms with Gasteiger partial charge in [-0.15, -0.1) is 11.3 Å². The largest absolute Gasteiger partial charge is 0.327 e. The molecule has 0 unspecified atom stereocenters. The summed E-state index contributed by atoms with van der Waals surface area (Å²) in [4.78, 5) is 31.7. The number of hydrogen-bond acceptors (Lipinski definition) is 4. The van der Waals surface area contributed by atoms with Gasteiger partial charge in [-0.25, -0.2) is 9.78 Å². The van der Waals surface area contributed by atoms with Crippen molar-refractivity contribution < 1.29 is 9.59 Å². The van der Waals surface area contributed by atoms with Crippen LogP contribution in [0.1, 0.15) is 30.0 Å². The second-order valence-corrected chi connectivity index (χ2v) is 5.83. The van der Waals surface area contributed by atoms with Crippen LogP contribution in [0.2, 0.25) is 0 Å². The second kappa shape index (κ2) is 4.35. The van der Waals surface area contributed by atoms with Crippen molar-refractivity contribution >= 4 is 23.3 Å². The normalized spacial score (nSPS) is 23.7. The van der Waals surface area contributed by atoms with E-state index in [1.165, 1.54) is 4.90 Å². The van der Waals surface area contributed by atoms with Crippen molar-refractivity contribution in [1.29, 1.82) is 0 Å². The van der Waals surface area contributed by atoms with Gasteiger partial charge in [-0.3, -0.25) is 9.69 Å². The van der Waals surface area contributed by atoms with Crippen molar-refractivity contribution in [2.75, 3.05) is 6.54 Å². The number of imide groups is 1. The van der Waals surface area contributed by atoms with E-state index in [9.17, 15) is 9.59 Å². The SMILES string of the molecule is Cc1nc(CN2C(=O)[C@@H]3CCCCN3C2=O)cs1. The van der Waals surface area contributed by atoms with E-state index in [0.717, 1.165) is 30.0 Å². The first kappa shape index (κ1) is 11.6. The monoisotopic (exact) mass is 265 g/mol. The number of hydrogen-bond donors (Lipinski definition) is 0. The number of rotatable bonds is 2. The quantitative estimate of drug-likeness (QED) is 0.766. The number of nitrogens with zero attached hydrogens (tertiary/aromatic N) is 3. The predicted octanol–water partition coefficient (Wildman–Crippen LogP) is 1.77. The Morgan fingerprint density at radius 2 is 2.28 bits per heavy atom. The molecule has 0 bridgehead atoms. The molecule has 1 atom stereocenters. The molecule has 5 nitrogen and oxygen atoms in total. The van der Waals surface area contributed by atoms with Crippen LogP contribution in [0.3, 0.4) is 0 Å². The van der Waals surface area contributed by atoms with E-state index in [-0.39, 0.29) is 18.0 Å². The molecule has 0 saturated carbocycles. The summed E-state index contributed by atoms with van der Waals surface area (Å²) in [5.74, 6) is -0.0506. The molecule has 0 N–H and O–H groups in total. The van der Waals surface area contributed by atoms with E-state index in [4.69, 9.17) is 0 Å². The van der Waals surface area contributed by atoms with Crippen LogP contribution in [0.5, 0.6) is 0 Å². The molecule has 96 valence electrons. The first-order valence-corrected chi connectivity index (χ1v) is 7.08. The molecule has 0 aliphatic carbocycles. The zero-order valence-electron chi connectivity index (χ0n) is 10.3. The summed E-state index contributed by atoms with van der Waals surface area (Å²) in [7, 11) is 0. The van der Waals surface area contributed by atoms with Crippen LogP contribution in [0.4, 0.5) is 4.79 Å². The number of urea groups is 1. The van der Waals surface area contributed by atoms with Gasteiger partial charge in [0, 0.05) is 11.9 Å². The van der Waals surface area contributed by atoms with E-state index in [0.29, 0.717) is 13.1 Å². The summed E-state index contributed by atoms with van der Waals surface area (Å²) in [6.45, 7) is 2.95. The third-order valence-electron chi connectivity index (χ3n) is 3.52. The van der Waals surface area contributed by atoms with Gasteiger partial charge in [-0.1, -0.05) is 0 Å². The molecule has 1 aromatic rings. The highest BCUT2D eigenvalue weighted by Crippen LogP contribution is 2.27. The van der Waals surface area contributed by atoms with Crippen LogP contribution in [-0.4, -0.2) is 39.3 Å². The summed E-state index contributed by atoms with van der Waals surface area (Å²) in [5, 5.41) is 2.87. The Balaban J connectivity index is 1.80. The number of piperidine rings is 1. The first-order chi connectivity index (χ1) is 8.66. The van der Waals surface area contributed by atoms with Gasteiger partial charge in [0.1, 0.15) is 6.04 Å². The number of carbonyl (C=O) groups excluding carboxylic acids is 2. The lowest BCUT2D eigenvalue weighted by atomic mass is 10.0. The highest BCUT2D eigenvalue weighted by atomic mass is 32.1. The minimum absolute atomic E-state index is 0.0506. The number of fused-ring (bicyclic) bond motifs is 1. The minimum Gasteiger partial charge on any atom is -0.312 e. The van der Waals surface area contributed by atoms with Crippen molar-refractivity contribution in [2.45, 2.75) is 38.8 Å². The molecule has 0 radical (unpaired) electrons. The summed E-state index contributed by atoms with van der Waals surface area (Å²) in [5.41, 5.74) is 0.805. The van der Waals surface area contributed by atoms with Crippen LogP contribution < -0.4 is 0 Å². The smallest absolute Gasteiger partial charge is 0.312 e. The van der Waals surface area contributed by atoms with Gasteiger partial charge in [-0.05, 0) is 26.2 Å². The number of carbonyl (C=O) groups is 2. The molecule has 3 heterocycles. The molecule has 3 amide bonds. The summed E-state index contributed by atoms with van der Waals surface area (Å²) in [6.07, 6.45) is 2.83. The Bertz CT molecular complexity index is 475. The molecule has 6 heteroatoms. The molecule has 2 aliphatic heterocycles. The Hall–Kier alpha value is -1.43. The third-order valence-corrected chi connectivity index (χ3v) is 4.34. The number of aromatic nitrogens is 1. The lowest BCUT2D eigenvalue weighted by Gasteiger charge is -2.26. The zero-order chi connectivity index (χ0) is 12.7. The van der Waals surface area contributed by atoms with Crippen molar-refractivity contribution in [3.8, 4) is 0 Å². The maximum Gasteiger partial charge on any atom is 0.327 e. The highest BCUT2D eigenvalue weighted by Gasteiger charge is 2.45. The predicted molar refractivity (Wildman–Crippen MR) is 67.1 cm³/mol. The van der Waals surface area contributed by atoms with E-state index >= 15 is 0 Å². The Morgan fingerprint density at radius 1 is 1.44 bits per heavy atom. The summed E-state index contributed by atoms with van der Waals surface area (Å²) < 4.78 is 0. The Kier molecular flexibility index (Phi) is 2.81. The summed E-state index contributed by atoms with van der Waals surface area (Å²) in [6, 6.07) is -0.360. The number of thiazole rings is 1. The zero-order valence-corrected chi connectivity index (χ0v) is 11.1. The van der Waals surface area contributed by atoms with E-state index in [1.807, 2.05) is 12.3 Å². The van der Waals surface area contributed by atoms with Gasteiger partial charge in [0.25, 0.3) is 5.91 Å². The van der Waals surface area contributed by atoms with Gasteiger partial charge in [0.15, 0.2) is 0 Å². The van der Waals surface area contributed by atoms with E-state index in [2.05, 4.69) is 4.98 Å². The highest BCUT2D eigenvalue weighted by molar-refractivity contribution is 7.09. The molecule has 2 fully saturated rings. The standard InChI is InChI=1S/C12H15N3O2S/c1-8-13-9(7-18-8)6-15-11(16)10-4-2-3-5-14(10)12(15)17/h7,10H,2-6H2,1H3/t10-/m0/s1. The fourth-order valence-corrected chi connectivity index (χ4v) is 3.24. The lowest BCUT2D eigenvalue weighted by Crippen LogP contribution is -2.38. The van der Waals surface area contributed by atoms with Gasteiger partial charge >= 0.3 is 6.03 Å². The minimum atomic E-state index is -0.217. The first-order valence-electron chi connectivity index (χ1n) is 6.20. The third kappa shape index (κ3) is 1.80. The van der Waals surface area contributed by atoms with Gasteiger partial charge < -0.3 is 4.90 Å². The van der Waals surface area contributed by atoms with Crippen molar-refractivity contribution in [1.82, 2.24) is 14.8 Å². The Morgan fingerprint density at radius 3 is 2.94 bits per heavy atom. The molecule has 2 saturated heterocycles. The van der Waals surface area contributed by atoms with Crippen LogP contribution in [-0.2, 0) is 11.3 Å². The van der Waals surface area contributed by atoms with Crippen molar-refractivity contribution in [2.24, 2.45) is 0 Å². The molecule has 3 rings (SSSR count). The van der Waals surface area contributed by atoms with Gasteiger partial charge in [0.2, 0.25) is 0 Å². The fraction of sp³-hybridized carbons (Fsp3) is 0.583. The molecule has 0 aromatic carbocycles. The van der Waals surface area contributed by atoms with Crippen LogP contribution in [0, 0.1) is 6.92 Å². The number of aryl methyl sites for hydroxylation is 1. The van der Waals surface area contributed by atoms with Gasteiger partial charge in [-0.2, -0.15) is 0 Å². The van der Waals surface area contributed by atoms with Crippen molar-refractivity contribution in [3.05, 3.63) is 16.1 Å². The van der Waals surface area contributed by atoms with Crippen LogP contribution >= 0.6 is 11.3 Å². The van der Waals surface area contributed by atoms with Crippen LogP contribution in [0.15, 0.2) is 5.38 Å². The van der Waals surface area contributed by atoms with E-state index in [1.54, 1.807) is 16.2 Å². The molecule has 2 aliphatic rings. The fourth-order valence-electron chi connectivity index (χ4n) is 2.63.